The van der Waals surface area contributed by atoms with Crippen LogP contribution in [0.2, 0.25) is 0 Å². The number of aryl methyl sites for hydroxylation is 2. The first-order valence-electron chi connectivity index (χ1n) is 9.93. The average Bonchev–Trinajstić information content (AvgIpc) is 2.73. The third-order valence-corrected chi connectivity index (χ3v) is 6.03. The van der Waals surface area contributed by atoms with Crippen molar-refractivity contribution in [1.29, 1.82) is 0 Å². The highest BCUT2D eigenvalue weighted by Gasteiger charge is 2.19. The van der Waals surface area contributed by atoms with Crippen molar-refractivity contribution in [2.75, 3.05) is 11.3 Å². The third kappa shape index (κ3) is 6.08. The molecule has 0 unspecified atom stereocenters. The normalized spacial score (nSPS) is 12.1. The van der Waals surface area contributed by atoms with Gasteiger partial charge < -0.3 is 10.1 Å². The predicted octanol–water partition coefficient (Wildman–Crippen LogP) is 4.30. The lowest BCUT2D eigenvalue weighted by Crippen LogP contribution is -2.37. The zero-order valence-corrected chi connectivity index (χ0v) is 18.6. The maximum absolute atomic E-state index is 12.8. The van der Waals surface area contributed by atoms with E-state index in [0.717, 1.165) is 16.9 Å². The highest BCUT2D eigenvalue weighted by atomic mass is 32.2. The lowest BCUT2D eigenvalue weighted by atomic mass is 10.1. The molecule has 0 saturated carbocycles. The fraction of sp³-hybridized carbons (Fsp3) is 0.208. The van der Waals surface area contributed by atoms with E-state index in [1.54, 1.807) is 36.4 Å². The number of carbonyl (C=O) groups is 1. The van der Waals surface area contributed by atoms with Crippen LogP contribution in [-0.4, -0.2) is 27.0 Å². The number of amides is 1. The minimum absolute atomic E-state index is 0.133. The highest BCUT2D eigenvalue weighted by molar-refractivity contribution is 7.92. The van der Waals surface area contributed by atoms with Gasteiger partial charge in [0.25, 0.3) is 15.9 Å². The van der Waals surface area contributed by atoms with E-state index >= 15 is 0 Å². The molecule has 0 bridgehead atoms. The van der Waals surface area contributed by atoms with E-state index in [1.807, 2.05) is 45.0 Å². The van der Waals surface area contributed by atoms with E-state index in [1.165, 1.54) is 12.1 Å². The Balaban J connectivity index is 1.68. The van der Waals surface area contributed by atoms with Gasteiger partial charge in [-0.2, -0.15) is 0 Å². The van der Waals surface area contributed by atoms with Crippen molar-refractivity contribution in [3.8, 4) is 5.75 Å². The van der Waals surface area contributed by atoms with Gasteiger partial charge in [0.15, 0.2) is 0 Å². The number of hydrogen-bond acceptors (Lipinski definition) is 4. The summed E-state index contributed by atoms with van der Waals surface area (Å²) in [5.74, 6) is 0.333. The lowest BCUT2D eigenvalue weighted by molar-refractivity contribution is 0.0927. The number of ether oxygens (including phenoxy) is 1. The third-order valence-electron chi connectivity index (χ3n) is 4.65. The smallest absolute Gasteiger partial charge is 0.261 e. The molecule has 0 radical (unpaired) electrons. The molecule has 0 saturated heterocycles. The first-order chi connectivity index (χ1) is 14.7. The van der Waals surface area contributed by atoms with Gasteiger partial charge in [-0.3, -0.25) is 9.52 Å². The van der Waals surface area contributed by atoms with Crippen LogP contribution in [0.4, 0.5) is 5.69 Å². The summed E-state index contributed by atoms with van der Waals surface area (Å²) in [6.45, 7) is 5.99. The topological polar surface area (TPSA) is 84.5 Å². The van der Waals surface area contributed by atoms with Crippen molar-refractivity contribution >= 4 is 21.6 Å². The van der Waals surface area contributed by atoms with Gasteiger partial charge in [-0.25, -0.2) is 8.42 Å². The fourth-order valence-electron chi connectivity index (χ4n) is 2.89. The van der Waals surface area contributed by atoms with E-state index in [-0.39, 0.29) is 34.7 Å². The van der Waals surface area contributed by atoms with E-state index in [0.29, 0.717) is 0 Å². The van der Waals surface area contributed by atoms with Crippen LogP contribution in [-0.2, 0) is 10.0 Å². The van der Waals surface area contributed by atoms with E-state index in [4.69, 9.17) is 4.74 Å². The quantitative estimate of drug-likeness (QED) is 0.549. The number of benzene rings is 3. The standard InChI is InChI=1S/C24H26N2O4S/c1-17-8-12-20(13-9-17)30-16-19(3)25-24(27)22-6-4-5-7-23(22)26-31(28,29)21-14-10-18(2)11-15-21/h4-15,19,26H,16H2,1-3H3,(H,25,27)/t19-/m0/s1. The van der Waals surface area contributed by atoms with Crippen LogP contribution in [0.1, 0.15) is 28.4 Å². The predicted molar refractivity (Wildman–Crippen MR) is 122 cm³/mol. The van der Waals surface area contributed by atoms with Crippen LogP contribution in [0.3, 0.4) is 0 Å². The number of sulfonamides is 1. The van der Waals surface area contributed by atoms with Crippen molar-refractivity contribution < 1.29 is 17.9 Å². The molecule has 0 heterocycles. The summed E-state index contributed by atoms with van der Waals surface area (Å²) in [6.07, 6.45) is 0. The van der Waals surface area contributed by atoms with Crippen molar-refractivity contribution in [1.82, 2.24) is 5.32 Å². The van der Waals surface area contributed by atoms with Crippen LogP contribution in [0, 0.1) is 13.8 Å². The molecule has 0 aromatic heterocycles. The summed E-state index contributed by atoms with van der Waals surface area (Å²) < 4.78 is 33.7. The Morgan fingerprint density at radius 1 is 0.903 bits per heavy atom. The Hall–Kier alpha value is -3.32. The van der Waals surface area contributed by atoms with Crippen LogP contribution in [0.5, 0.6) is 5.75 Å². The second-order valence-corrected chi connectivity index (χ2v) is 9.15. The Morgan fingerprint density at radius 2 is 1.48 bits per heavy atom. The van der Waals surface area contributed by atoms with Crippen molar-refractivity contribution in [2.24, 2.45) is 0 Å². The molecule has 1 amide bonds. The summed E-state index contributed by atoms with van der Waals surface area (Å²) in [5, 5.41) is 2.85. The summed E-state index contributed by atoms with van der Waals surface area (Å²) in [4.78, 5) is 12.9. The Bertz CT molecular complexity index is 1140. The van der Waals surface area contributed by atoms with Crippen LogP contribution >= 0.6 is 0 Å². The molecule has 1 atom stereocenters. The molecule has 3 aromatic rings. The number of anilines is 1. The second-order valence-electron chi connectivity index (χ2n) is 7.46. The average molecular weight is 439 g/mol. The zero-order chi connectivity index (χ0) is 22.4. The van der Waals surface area contributed by atoms with Gasteiger partial charge in [-0.1, -0.05) is 47.5 Å². The van der Waals surface area contributed by atoms with Crippen LogP contribution in [0.15, 0.2) is 77.7 Å². The molecule has 31 heavy (non-hydrogen) atoms. The van der Waals surface area contributed by atoms with Crippen LogP contribution < -0.4 is 14.8 Å². The maximum Gasteiger partial charge on any atom is 0.261 e. The SMILES string of the molecule is Cc1ccc(OC[C@H](C)NC(=O)c2ccccc2NS(=O)(=O)c2ccc(C)cc2)cc1. The monoisotopic (exact) mass is 438 g/mol. The lowest BCUT2D eigenvalue weighted by Gasteiger charge is -2.17. The van der Waals surface area contributed by atoms with Crippen molar-refractivity contribution in [2.45, 2.75) is 31.7 Å². The zero-order valence-electron chi connectivity index (χ0n) is 17.8. The molecule has 0 fully saturated rings. The van der Waals surface area contributed by atoms with E-state index in [9.17, 15) is 13.2 Å². The van der Waals surface area contributed by atoms with Gasteiger partial charge in [0.2, 0.25) is 0 Å². The molecule has 0 spiro atoms. The molecule has 0 aliphatic rings. The van der Waals surface area contributed by atoms with Gasteiger partial charge >= 0.3 is 0 Å². The van der Waals surface area contributed by atoms with Gasteiger partial charge in [0, 0.05) is 0 Å². The van der Waals surface area contributed by atoms with E-state index < -0.39 is 10.0 Å². The molecule has 0 aliphatic carbocycles. The Kier molecular flexibility index (Phi) is 6.97. The molecule has 3 aromatic carbocycles. The molecule has 162 valence electrons. The first kappa shape index (κ1) is 22.4. The largest absolute Gasteiger partial charge is 0.491 e. The van der Waals surface area contributed by atoms with Crippen molar-refractivity contribution in [3.63, 3.8) is 0 Å². The fourth-order valence-corrected chi connectivity index (χ4v) is 3.97. The molecule has 2 N–H and O–H groups in total. The second kappa shape index (κ2) is 9.66. The maximum atomic E-state index is 12.8. The molecular weight excluding hydrogens is 412 g/mol. The Labute approximate surface area is 183 Å². The highest BCUT2D eigenvalue weighted by Crippen LogP contribution is 2.21. The van der Waals surface area contributed by atoms with Crippen molar-refractivity contribution in [3.05, 3.63) is 89.5 Å². The number of nitrogens with one attached hydrogen (secondary N) is 2. The molecular formula is C24H26N2O4S. The number of rotatable bonds is 8. The number of carbonyl (C=O) groups excluding carboxylic acids is 1. The summed E-state index contributed by atoms with van der Waals surface area (Å²) in [5.41, 5.74) is 2.55. The summed E-state index contributed by atoms with van der Waals surface area (Å²) >= 11 is 0. The van der Waals surface area contributed by atoms with Gasteiger partial charge in [-0.05, 0) is 57.2 Å². The molecule has 6 nitrogen and oxygen atoms in total. The van der Waals surface area contributed by atoms with E-state index in [2.05, 4.69) is 10.0 Å². The van der Waals surface area contributed by atoms with Gasteiger partial charge in [0.05, 0.1) is 22.2 Å². The molecule has 3 rings (SSSR count). The first-order valence-corrected chi connectivity index (χ1v) is 11.4. The van der Waals surface area contributed by atoms with Gasteiger partial charge in [-0.15, -0.1) is 0 Å². The molecule has 0 aliphatic heterocycles. The molecule has 7 heteroatoms. The van der Waals surface area contributed by atoms with Crippen LogP contribution in [0.25, 0.3) is 0 Å². The summed E-state index contributed by atoms with van der Waals surface area (Å²) in [7, 11) is -3.82. The minimum Gasteiger partial charge on any atom is -0.491 e. The minimum atomic E-state index is -3.82. The number of hydrogen-bond donors (Lipinski definition) is 2. The van der Waals surface area contributed by atoms with Gasteiger partial charge in [0.1, 0.15) is 12.4 Å². The summed E-state index contributed by atoms with van der Waals surface area (Å²) in [6, 6.07) is 20.4. The number of para-hydroxylation sites is 1. The Morgan fingerprint density at radius 3 is 2.13 bits per heavy atom.